The van der Waals surface area contributed by atoms with Crippen LogP contribution in [0.4, 0.5) is 0 Å². The first-order valence-electron chi connectivity index (χ1n) is 8.48. The van der Waals surface area contributed by atoms with Crippen molar-refractivity contribution >= 4 is 28.7 Å². The maximum Gasteiger partial charge on any atom is 0.252 e. The number of fused-ring (bicyclic) bond motifs is 1. The number of carbonyl (C=O) groups excluding carboxylic acids is 1. The Bertz CT molecular complexity index is 1090. The molecule has 0 saturated heterocycles. The van der Waals surface area contributed by atoms with Gasteiger partial charge in [0.2, 0.25) is 0 Å². The molecule has 0 bridgehead atoms. The molecule has 0 spiro atoms. The lowest BCUT2D eigenvalue weighted by molar-refractivity contribution is 0.0952. The first-order valence-corrected chi connectivity index (χ1v) is 8.86. The number of aromatic nitrogens is 4. The van der Waals surface area contributed by atoms with Crippen LogP contribution in [0.25, 0.3) is 22.6 Å². The molecule has 4 aromatic rings. The molecule has 0 radical (unpaired) electrons. The molecule has 0 aliphatic carbocycles. The highest BCUT2D eigenvalue weighted by Gasteiger charge is 2.14. The minimum Gasteiger partial charge on any atom is -0.350 e. The van der Waals surface area contributed by atoms with Crippen LogP contribution in [0.3, 0.4) is 0 Å². The molecule has 7 heteroatoms. The van der Waals surface area contributed by atoms with Crippen LogP contribution in [-0.4, -0.2) is 32.0 Å². The Hall–Kier alpha value is -3.25. The number of imidazole rings is 1. The average molecular weight is 378 g/mol. The molecule has 3 aromatic heterocycles. The molecule has 1 N–H and O–H groups in total. The van der Waals surface area contributed by atoms with Crippen LogP contribution >= 0.6 is 11.6 Å². The van der Waals surface area contributed by atoms with Gasteiger partial charge >= 0.3 is 0 Å². The van der Waals surface area contributed by atoms with Crippen molar-refractivity contribution in [1.82, 2.24) is 24.8 Å². The van der Waals surface area contributed by atoms with E-state index in [-0.39, 0.29) is 5.91 Å². The quantitative estimate of drug-likeness (QED) is 0.577. The van der Waals surface area contributed by atoms with Crippen molar-refractivity contribution in [3.05, 3.63) is 77.7 Å². The summed E-state index contributed by atoms with van der Waals surface area (Å²) in [5.74, 6) is 0.585. The average Bonchev–Trinajstić information content (AvgIpc) is 3.08. The van der Waals surface area contributed by atoms with E-state index in [1.807, 2.05) is 28.8 Å². The second-order valence-electron chi connectivity index (χ2n) is 5.90. The molecular weight excluding hydrogens is 362 g/mol. The van der Waals surface area contributed by atoms with Crippen molar-refractivity contribution in [2.75, 3.05) is 6.54 Å². The van der Waals surface area contributed by atoms with Gasteiger partial charge in [0.15, 0.2) is 5.65 Å². The van der Waals surface area contributed by atoms with Gasteiger partial charge in [0, 0.05) is 37.2 Å². The molecule has 3 heterocycles. The molecule has 1 amide bonds. The van der Waals surface area contributed by atoms with E-state index in [0.717, 1.165) is 22.6 Å². The molecule has 0 unspecified atom stereocenters. The summed E-state index contributed by atoms with van der Waals surface area (Å²) < 4.78 is 2.00. The molecule has 4 rings (SSSR count). The van der Waals surface area contributed by atoms with E-state index in [9.17, 15) is 4.79 Å². The molecule has 6 nitrogen and oxygen atoms in total. The monoisotopic (exact) mass is 377 g/mol. The Morgan fingerprint density at radius 2 is 1.85 bits per heavy atom. The largest absolute Gasteiger partial charge is 0.350 e. The number of hydrogen-bond acceptors (Lipinski definition) is 4. The number of halogens is 1. The first-order chi connectivity index (χ1) is 13.2. The zero-order valence-corrected chi connectivity index (χ0v) is 15.1. The summed E-state index contributed by atoms with van der Waals surface area (Å²) in [5.41, 5.74) is 2.99. The van der Waals surface area contributed by atoms with E-state index in [1.165, 1.54) is 0 Å². The highest BCUT2D eigenvalue weighted by molar-refractivity contribution is 6.33. The third kappa shape index (κ3) is 3.52. The number of carbonyl (C=O) groups is 1. The highest BCUT2D eigenvalue weighted by atomic mass is 35.5. The summed E-state index contributed by atoms with van der Waals surface area (Å²) in [6, 6.07) is 14.6. The summed E-state index contributed by atoms with van der Waals surface area (Å²) >= 11 is 6.09. The molecule has 134 valence electrons. The molecule has 0 atom stereocenters. The number of rotatable bonds is 5. The molecule has 0 saturated carbocycles. The number of amides is 1. The predicted octanol–water partition coefficient (Wildman–Crippen LogP) is 3.58. The Kier molecular flexibility index (Phi) is 4.80. The highest BCUT2D eigenvalue weighted by Crippen LogP contribution is 2.22. The van der Waals surface area contributed by atoms with Gasteiger partial charge in [-0.05, 0) is 36.4 Å². The number of nitrogens with zero attached hydrogens (tertiary/aromatic N) is 4. The topological polar surface area (TPSA) is 72.7 Å². The predicted molar refractivity (Wildman–Crippen MR) is 105 cm³/mol. The van der Waals surface area contributed by atoms with Crippen LogP contribution in [0.1, 0.15) is 10.4 Å². The summed E-state index contributed by atoms with van der Waals surface area (Å²) in [7, 11) is 0. The Balaban J connectivity index is 1.58. The van der Waals surface area contributed by atoms with Gasteiger partial charge in [-0.3, -0.25) is 9.78 Å². The third-order valence-electron chi connectivity index (χ3n) is 4.18. The lowest BCUT2D eigenvalue weighted by Crippen LogP contribution is -2.27. The molecule has 27 heavy (non-hydrogen) atoms. The van der Waals surface area contributed by atoms with Crippen LogP contribution in [0, 0.1) is 0 Å². The normalized spacial score (nSPS) is 10.9. The van der Waals surface area contributed by atoms with Crippen molar-refractivity contribution in [3.63, 3.8) is 0 Å². The maximum atomic E-state index is 12.4. The summed E-state index contributed by atoms with van der Waals surface area (Å²) in [6.45, 7) is 0.950. The van der Waals surface area contributed by atoms with Gasteiger partial charge in [0.05, 0.1) is 10.6 Å². The summed E-state index contributed by atoms with van der Waals surface area (Å²) in [4.78, 5) is 25.6. The van der Waals surface area contributed by atoms with E-state index >= 15 is 0 Å². The fourth-order valence-electron chi connectivity index (χ4n) is 2.91. The minimum atomic E-state index is -0.205. The van der Waals surface area contributed by atoms with Crippen molar-refractivity contribution in [1.29, 1.82) is 0 Å². The number of hydrogen-bond donors (Lipinski definition) is 1. The Morgan fingerprint density at radius 1 is 1.04 bits per heavy atom. The van der Waals surface area contributed by atoms with E-state index < -0.39 is 0 Å². The SMILES string of the molecule is O=C(NCCn1c(-c2ccncc2)nc2cccnc21)c1ccccc1Cl. The molecule has 1 aromatic carbocycles. The van der Waals surface area contributed by atoms with Crippen molar-refractivity contribution in [2.45, 2.75) is 6.54 Å². The molecule has 0 aliphatic rings. The number of nitrogens with one attached hydrogen (secondary N) is 1. The standard InChI is InChI=1S/C20H16ClN5O/c21-16-5-2-1-4-15(16)20(27)24-12-13-26-18(14-7-10-22-11-8-14)25-17-6-3-9-23-19(17)26/h1-11H,12-13H2,(H,24,27). The van der Waals surface area contributed by atoms with Crippen LogP contribution < -0.4 is 5.32 Å². The van der Waals surface area contributed by atoms with Gasteiger partial charge in [0.1, 0.15) is 11.3 Å². The lowest BCUT2D eigenvalue weighted by Gasteiger charge is -2.10. The van der Waals surface area contributed by atoms with Gasteiger partial charge in [-0.1, -0.05) is 23.7 Å². The summed E-state index contributed by atoms with van der Waals surface area (Å²) in [5, 5.41) is 3.34. The molecule has 0 fully saturated rings. The first kappa shape index (κ1) is 17.2. The molecular formula is C20H16ClN5O. The number of benzene rings is 1. The minimum absolute atomic E-state index is 0.205. The van der Waals surface area contributed by atoms with Crippen LogP contribution in [0.15, 0.2) is 67.1 Å². The maximum absolute atomic E-state index is 12.4. The van der Waals surface area contributed by atoms with Crippen molar-refractivity contribution in [3.8, 4) is 11.4 Å². The van der Waals surface area contributed by atoms with Gasteiger partial charge in [0.25, 0.3) is 5.91 Å². The van der Waals surface area contributed by atoms with E-state index in [2.05, 4.69) is 15.3 Å². The zero-order chi connectivity index (χ0) is 18.6. The van der Waals surface area contributed by atoms with Gasteiger partial charge in [-0.25, -0.2) is 9.97 Å². The van der Waals surface area contributed by atoms with Gasteiger partial charge in [-0.15, -0.1) is 0 Å². The van der Waals surface area contributed by atoms with Crippen LogP contribution in [0.5, 0.6) is 0 Å². The summed E-state index contributed by atoms with van der Waals surface area (Å²) in [6.07, 6.45) is 5.19. The fraction of sp³-hybridized carbons (Fsp3) is 0.100. The molecule has 0 aliphatic heterocycles. The Morgan fingerprint density at radius 3 is 2.67 bits per heavy atom. The van der Waals surface area contributed by atoms with Gasteiger partial charge in [-0.2, -0.15) is 0 Å². The second kappa shape index (κ2) is 7.55. The smallest absolute Gasteiger partial charge is 0.252 e. The Labute approximate surface area is 160 Å². The van der Waals surface area contributed by atoms with Crippen LogP contribution in [0.2, 0.25) is 5.02 Å². The van der Waals surface area contributed by atoms with Crippen LogP contribution in [-0.2, 0) is 6.54 Å². The van der Waals surface area contributed by atoms with Crippen molar-refractivity contribution in [2.24, 2.45) is 0 Å². The second-order valence-corrected chi connectivity index (χ2v) is 6.31. The lowest BCUT2D eigenvalue weighted by atomic mass is 10.2. The third-order valence-corrected chi connectivity index (χ3v) is 4.51. The van der Waals surface area contributed by atoms with E-state index in [4.69, 9.17) is 16.6 Å². The van der Waals surface area contributed by atoms with Gasteiger partial charge < -0.3 is 9.88 Å². The fourth-order valence-corrected chi connectivity index (χ4v) is 3.14. The number of pyridine rings is 2. The van der Waals surface area contributed by atoms with E-state index in [1.54, 1.807) is 42.9 Å². The van der Waals surface area contributed by atoms with Crippen molar-refractivity contribution < 1.29 is 4.79 Å². The zero-order valence-electron chi connectivity index (χ0n) is 14.3. The van der Waals surface area contributed by atoms with E-state index in [0.29, 0.717) is 23.7 Å².